The second kappa shape index (κ2) is 2.51. The molecular weight excluding hydrogens is 175 g/mol. The van der Waals surface area contributed by atoms with E-state index >= 15 is 0 Å². The van der Waals surface area contributed by atoms with Gasteiger partial charge in [0.1, 0.15) is 0 Å². The molecule has 1 fully saturated rings. The average Bonchev–Trinajstić information content (AvgIpc) is 2.40. The van der Waals surface area contributed by atoms with Crippen molar-refractivity contribution in [3.8, 4) is 0 Å². The van der Waals surface area contributed by atoms with E-state index in [9.17, 15) is 9.59 Å². The number of halogens is 2. The van der Waals surface area contributed by atoms with E-state index < -0.39 is 10.5 Å². The van der Waals surface area contributed by atoms with Gasteiger partial charge < -0.3 is 0 Å². The molecule has 0 aromatic rings. The molecule has 0 spiro atoms. The fraction of sp³-hybridized carbons (Fsp3) is 0.667. The van der Waals surface area contributed by atoms with Crippen molar-refractivity contribution in [2.24, 2.45) is 17.8 Å². The molecule has 0 aromatic heterocycles. The second-order valence-corrected chi connectivity index (χ2v) is 3.26. The van der Waals surface area contributed by atoms with Crippen molar-refractivity contribution in [2.45, 2.75) is 6.92 Å². The Labute approximate surface area is 68.5 Å². The van der Waals surface area contributed by atoms with Gasteiger partial charge in [-0.25, -0.2) is 0 Å². The SMILES string of the molecule is CC1C(C(=O)Cl)C1C(=O)Cl. The summed E-state index contributed by atoms with van der Waals surface area (Å²) in [6.45, 7) is 1.79. The summed E-state index contributed by atoms with van der Waals surface area (Å²) in [7, 11) is 0. The molecule has 0 heterocycles. The van der Waals surface area contributed by atoms with E-state index in [0.29, 0.717) is 0 Å². The first kappa shape index (κ1) is 8.02. The molecular formula is C6H6Cl2O2. The van der Waals surface area contributed by atoms with E-state index in [1.807, 2.05) is 0 Å². The number of hydrogen-bond donors (Lipinski definition) is 0. The molecule has 0 bridgehead atoms. The average molecular weight is 181 g/mol. The fourth-order valence-electron chi connectivity index (χ4n) is 1.16. The van der Waals surface area contributed by atoms with Crippen molar-refractivity contribution in [3.63, 3.8) is 0 Å². The Kier molecular flexibility index (Phi) is 2.02. The number of hydrogen-bond acceptors (Lipinski definition) is 2. The van der Waals surface area contributed by atoms with Gasteiger partial charge in [-0.2, -0.15) is 0 Å². The lowest BCUT2D eigenvalue weighted by Crippen LogP contribution is -1.96. The molecule has 1 aliphatic carbocycles. The molecule has 1 aliphatic rings. The number of rotatable bonds is 2. The highest BCUT2D eigenvalue weighted by molar-refractivity contribution is 6.67. The molecule has 56 valence electrons. The summed E-state index contributed by atoms with van der Waals surface area (Å²) in [6, 6.07) is 0. The van der Waals surface area contributed by atoms with Crippen LogP contribution in [0.4, 0.5) is 0 Å². The Morgan fingerprint density at radius 1 is 1.10 bits per heavy atom. The normalized spacial score (nSPS) is 37.3. The van der Waals surface area contributed by atoms with Crippen LogP contribution in [0.5, 0.6) is 0 Å². The molecule has 1 saturated carbocycles. The van der Waals surface area contributed by atoms with Crippen molar-refractivity contribution in [1.29, 1.82) is 0 Å². The van der Waals surface area contributed by atoms with Crippen LogP contribution in [0, 0.1) is 17.8 Å². The molecule has 0 saturated heterocycles. The summed E-state index contributed by atoms with van der Waals surface area (Å²) >= 11 is 10.3. The van der Waals surface area contributed by atoms with Crippen molar-refractivity contribution in [2.75, 3.05) is 0 Å². The third-order valence-electron chi connectivity index (χ3n) is 1.90. The van der Waals surface area contributed by atoms with E-state index in [2.05, 4.69) is 0 Å². The van der Waals surface area contributed by atoms with E-state index in [1.165, 1.54) is 0 Å². The molecule has 1 rings (SSSR count). The standard InChI is InChI=1S/C6H6Cl2O2/c1-2-3(5(7)9)4(2)6(8)10/h2-4H,1H3. The molecule has 10 heavy (non-hydrogen) atoms. The van der Waals surface area contributed by atoms with Crippen molar-refractivity contribution in [3.05, 3.63) is 0 Å². The van der Waals surface area contributed by atoms with Crippen LogP contribution in [0.1, 0.15) is 6.92 Å². The highest BCUT2D eigenvalue weighted by atomic mass is 35.5. The Morgan fingerprint density at radius 3 is 1.50 bits per heavy atom. The van der Waals surface area contributed by atoms with Crippen LogP contribution >= 0.6 is 23.2 Å². The zero-order chi connectivity index (χ0) is 7.89. The topological polar surface area (TPSA) is 34.1 Å². The molecule has 0 amide bonds. The first-order chi connectivity index (χ1) is 4.55. The fourth-order valence-corrected chi connectivity index (χ4v) is 1.83. The maximum Gasteiger partial charge on any atom is 0.225 e. The summed E-state index contributed by atoms with van der Waals surface area (Å²) in [5.41, 5.74) is 0. The Bertz CT molecular complexity index is 170. The Morgan fingerprint density at radius 2 is 1.40 bits per heavy atom. The monoisotopic (exact) mass is 180 g/mol. The first-order valence-electron chi connectivity index (χ1n) is 2.94. The van der Waals surface area contributed by atoms with Gasteiger partial charge in [0.2, 0.25) is 10.5 Å². The highest BCUT2D eigenvalue weighted by Gasteiger charge is 2.54. The first-order valence-corrected chi connectivity index (χ1v) is 3.70. The number of carbonyl (C=O) groups is 2. The maximum absolute atomic E-state index is 10.5. The Balaban J connectivity index is 2.57. The lowest BCUT2D eigenvalue weighted by molar-refractivity contribution is -0.117. The Hall–Kier alpha value is -0.0800. The van der Waals surface area contributed by atoms with Gasteiger partial charge in [-0.1, -0.05) is 6.92 Å². The lowest BCUT2D eigenvalue weighted by Gasteiger charge is -1.82. The van der Waals surface area contributed by atoms with Gasteiger partial charge >= 0.3 is 0 Å². The molecule has 2 unspecified atom stereocenters. The predicted octanol–water partition coefficient (Wildman–Crippen LogP) is 1.40. The van der Waals surface area contributed by atoms with Crippen molar-refractivity contribution >= 4 is 33.7 Å². The van der Waals surface area contributed by atoms with Crippen LogP contribution in [0.25, 0.3) is 0 Å². The van der Waals surface area contributed by atoms with Crippen LogP contribution in [0.2, 0.25) is 0 Å². The third-order valence-corrected chi connectivity index (χ3v) is 2.41. The van der Waals surface area contributed by atoms with Crippen molar-refractivity contribution in [1.82, 2.24) is 0 Å². The second-order valence-electron chi connectivity index (χ2n) is 2.52. The zero-order valence-corrected chi connectivity index (χ0v) is 6.82. The van der Waals surface area contributed by atoms with Crippen LogP contribution in [0.15, 0.2) is 0 Å². The molecule has 0 radical (unpaired) electrons. The van der Waals surface area contributed by atoms with Gasteiger partial charge in [-0.3, -0.25) is 9.59 Å². The zero-order valence-electron chi connectivity index (χ0n) is 5.30. The van der Waals surface area contributed by atoms with Crippen LogP contribution < -0.4 is 0 Å². The van der Waals surface area contributed by atoms with Gasteiger partial charge in [0, 0.05) is 11.8 Å². The summed E-state index contributed by atoms with van der Waals surface area (Å²) in [5, 5.41) is -0.905. The summed E-state index contributed by atoms with van der Waals surface area (Å²) in [4.78, 5) is 21.0. The van der Waals surface area contributed by atoms with Crippen molar-refractivity contribution < 1.29 is 9.59 Å². The molecule has 2 nitrogen and oxygen atoms in total. The summed E-state index contributed by atoms with van der Waals surface area (Å²) < 4.78 is 0. The minimum atomic E-state index is -0.452. The molecule has 0 aromatic carbocycles. The van der Waals surface area contributed by atoms with Gasteiger partial charge in [-0.15, -0.1) is 0 Å². The van der Waals surface area contributed by atoms with E-state index in [0.717, 1.165) is 0 Å². The largest absolute Gasteiger partial charge is 0.281 e. The molecule has 2 atom stereocenters. The maximum atomic E-state index is 10.5. The molecule has 0 aliphatic heterocycles. The quantitative estimate of drug-likeness (QED) is 0.603. The molecule has 0 N–H and O–H groups in total. The van der Waals surface area contributed by atoms with E-state index in [4.69, 9.17) is 23.2 Å². The van der Waals surface area contributed by atoms with Gasteiger partial charge in [-0.05, 0) is 29.1 Å². The van der Waals surface area contributed by atoms with Crippen LogP contribution in [-0.2, 0) is 9.59 Å². The van der Waals surface area contributed by atoms with Crippen LogP contribution in [-0.4, -0.2) is 10.5 Å². The highest BCUT2D eigenvalue weighted by Crippen LogP contribution is 2.48. The van der Waals surface area contributed by atoms with Crippen LogP contribution in [0.3, 0.4) is 0 Å². The van der Waals surface area contributed by atoms with Gasteiger partial charge in [0.15, 0.2) is 0 Å². The minimum Gasteiger partial charge on any atom is -0.281 e. The van der Waals surface area contributed by atoms with Gasteiger partial charge in [0.25, 0.3) is 0 Å². The lowest BCUT2D eigenvalue weighted by atomic mass is 10.4. The molecule has 4 heteroatoms. The van der Waals surface area contributed by atoms with E-state index in [-0.39, 0.29) is 17.8 Å². The smallest absolute Gasteiger partial charge is 0.225 e. The minimum absolute atomic E-state index is 0.0370. The third kappa shape index (κ3) is 1.18. The van der Waals surface area contributed by atoms with Gasteiger partial charge in [0.05, 0.1) is 0 Å². The summed E-state index contributed by atoms with van der Waals surface area (Å²) in [5.74, 6) is -0.617. The van der Waals surface area contributed by atoms with E-state index in [1.54, 1.807) is 6.92 Å². The number of carbonyl (C=O) groups excluding carboxylic acids is 2. The summed E-state index contributed by atoms with van der Waals surface area (Å²) in [6.07, 6.45) is 0. The predicted molar refractivity (Wildman–Crippen MR) is 37.9 cm³/mol.